The van der Waals surface area contributed by atoms with Gasteiger partial charge in [-0.2, -0.15) is 9.97 Å². The first-order chi connectivity index (χ1) is 17.9. The molecule has 2 saturated heterocycles. The van der Waals surface area contributed by atoms with E-state index in [0.29, 0.717) is 11.2 Å². The van der Waals surface area contributed by atoms with Crippen molar-refractivity contribution in [2.24, 2.45) is 0 Å². The molecule has 9 nitrogen and oxygen atoms in total. The van der Waals surface area contributed by atoms with Crippen molar-refractivity contribution in [3.8, 4) is 0 Å². The Kier molecular flexibility index (Phi) is 5.53. The van der Waals surface area contributed by atoms with Gasteiger partial charge in [-0.15, -0.1) is 0 Å². The van der Waals surface area contributed by atoms with Crippen LogP contribution in [0.1, 0.15) is 63.3 Å². The van der Waals surface area contributed by atoms with Crippen LogP contribution in [0.4, 0.5) is 5.82 Å². The number of nitrogens with zero attached hydrogens (tertiary/aromatic N) is 5. The molecular weight excluding hydrogens is 494 g/mol. The van der Waals surface area contributed by atoms with E-state index < -0.39 is 24.2 Å². The lowest BCUT2D eigenvalue weighted by atomic mass is 9.66. The van der Waals surface area contributed by atoms with Crippen LogP contribution in [0.2, 0.25) is 5.28 Å². The maximum atomic E-state index is 9.93. The van der Waals surface area contributed by atoms with Gasteiger partial charge in [0.2, 0.25) is 5.28 Å². The van der Waals surface area contributed by atoms with Gasteiger partial charge in [0.25, 0.3) is 0 Å². The number of aromatic nitrogens is 4. The molecule has 4 atom stereocenters. The Bertz CT molecular complexity index is 1340. The van der Waals surface area contributed by atoms with Crippen LogP contribution < -0.4 is 4.90 Å². The second-order valence-corrected chi connectivity index (χ2v) is 11.6. The second kappa shape index (κ2) is 8.61. The highest BCUT2D eigenvalue weighted by molar-refractivity contribution is 6.28. The Balaban J connectivity index is 1.30. The highest BCUT2D eigenvalue weighted by atomic mass is 35.5. The van der Waals surface area contributed by atoms with E-state index in [1.807, 2.05) is 18.4 Å². The van der Waals surface area contributed by atoms with Gasteiger partial charge < -0.3 is 24.2 Å². The van der Waals surface area contributed by atoms with Gasteiger partial charge in [-0.25, -0.2) is 4.98 Å². The smallest absolute Gasteiger partial charge is 0.226 e. The molecule has 0 unspecified atom stereocenters. The summed E-state index contributed by atoms with van der Waals surface area (Å²) in [6.07, 6.45) is 5.97. The molecule has 3 aliphatic heterocycles. The molecule has 1 N–H and O–H groups in total. The maximum absolute atomic E-state index is 9.93. The number of benzene rings is 1. The van der Waals surface area contributed by atoms with E-state index in [9.17, 15) is 5.11 Å². The van der Waals surface area contributed by atoms with Gasteiger partial charge in [0.05, 0.1) is 12.9 Å². The van der Waals surface area contributed by atoms with E-state index in [4.69, 9.17) is 35.8 Å². The first-order valence-corrected chi connectivity index (χ1v) is 13.6. The zero-order valence-corrected chi connectivity index (χ0v) is 21.9. The Hall–Kier alpha value is -2.30. The second-order valence-electron chi connectivity index (χ2n) is 11.3. The van der Waals surface area contributed by atoms with Crippen LogP contribution in [0.25, 0.3) is 11.2 Å². The van der Waals surface area contributed by atoms with E-state index in [-0.39, 0.29) is 23.4 Å². The fourth-order valence-corrected chi connectivity index (χ4v) is 7.17. The van der Waals surface area contributed by atoms with Crippen molar-refractivity contribution < 1.29 is 19.3 Å². The predicted molar refractivity (Wildman–Crippen MR) is 137 cm³/mol. The summed E-state index contributed by atoms with van der Waals surface area (Å²) in [5.41, 5.74) is 4.19. The molecule has 7 rings (SSSR count). The SMILES string of the molecule is CC1(C)O[C@@H]2[C@H](O1)[C@@H](CO)O[C@H]2n1cnc2c(N3Cc4ccccc4C4(CCCCC4)C3)nc(Cl)nc21. The lowest BCUT2D eigenvalue weighted by Crippen LogP contribution is -2.47. The molecule has 5 heterocycles. The van der Waals surface area contributed by atoms with Crippen molar-refractivity contribution in [2.75, 3.05) is 18.1 Å². The van der Waals surface area contributed by atoms with Gasteiger partial charge in [0.15, 0.2) is 29.0 Å². The van der Waals surface area contributed by atoms with E-state index in [1.54, 1.807) is 6.33 Å². The Morgan fingerprint density at radius 1 is 1.08 bits per heavy atom. The number of hydrogen-bond donors (Lipinski definition) is 1. The predicted octanol–water partition coefficient (Wildman–Crippen LogP) is 4.11. The van der Waals surface area contributed by atoms with Crippen molar-refractivity contribution in [1.82, 2.24) is 19.5 Å². The van der Waals surface area contributed by atoms with Crippen molar-refractivity contribution in [3.63, 3.8) is 0 Å². The minimum Gasteiger partial charge on any atom is -0.394 e. The number of ether oxygens (including phenoxy) is 3. The normalized spacial score (nSPS) is 30.1. The van der Waals surface area contributed by atoms with Crippen LogP contribution in [0.5, 0.6) is 0 Å². The van der Waals surface area contributed by atoms with Gasteiger partial charge >= 0.3 is 0 Å². The molecule has 3 fully saturated rings. The minimum atomic E-state index is -0.769. The third-order valence-electron chi connectivity index (χ3n) is 8.51. The summed E-state index contributed by atoms with van der Waals surface area (Å²) < 4.78 is 20.3. The number of aliphatic hydroxyl groups excluding tert-OH is 1. The molecule has 196 valence electrons. The molecule has 3 aromatic rings. The minimum absolute atomic E-state index is 0.107. The third-order valence-corrected chi connectivity index (χ3v) is 8.68. The lowest BCUT2D eigenvalue weighted by molar-refractivity contribution is -0.199. The molecule has 10 heteroatoms. The van der Waals surface area contributed by atoms with Crippen LogP contribution in [0.15, 0.2) is 30.6 Å². The lowest BCUT2D eigenvalue weighted by Gasteiger charge is -2.47. The van der Waals surface area contributed by atoms with Crippen LogP contribution in [0.3, 0.4) is 0 Å². The summed E-state index contributed by atoms with van der Waals surface area (Å²) >= 11 is 6.54. The van der Waals surface area contributed by atoms with Crippen LogP contribution >= 0.6 is 11.6 Å². The molecular formula is C27H32ClN5O4. The Morgan fingerprint density at radius 2 is 1.86 bits per heavy atom. The number of aliphatic hydroxyl groups is 1. The van der Waals surface area contributed by atoms with Crippen molar-refractivity contribution in [2.45, 2.75) is 88.2 Å². The van der Waals surface area contributed by atoms with Gasteiger partial charge in [0.1, 0.15) is 18.3 Å². The first-order valence-electron chi connectivity index (χ1n) is 13.2. The topological polar surface area (TPSA) is 94.8 Å². The number of anilines is 1. The average Bonchev–Trinajstić information content (AvgIpc) is 3.54. The summed E-state index contributed by atoms with van der Waals surface area (Å²) in [6, 6.07) is 8.83. The Morgan fingerprint density at radius 3 is 2.68 bits per heavy atom. The summed E-state index contributed by atoms with van der Waals surface area (Å²) in [5, 5.41) is 10.1. The fraction of sp³-hybridized carbons (Fsp3) is 0.593. The molecule has 0 bridgehead atoms. The van der Waals surface area contributed by atoms with Crippen LogP contribution in [-0.4, -0.2) is 61.9 Å². The van der Waals surface area contributed by atoms with Crippen molar-refractivity contribution in [1.29, 1.82) is 0 Å². The monoisotopic (exact) mass is 525 g/mol. The molecule has 1 aromatic carbocycles. The van der Waals surface area contributed by atoms with Gasteiger partial charge in [-0.1, -0.05) is 43.5 Å². The van der Waals surface area contributed by atoms with Crippen LogP contribution in [-0.2, 0) is 26.2 Å². The molecule has 2 aromatic heterocycles. The summed E-state index contributed by atoms with van der Waals surface area (Å²) in [7, 11) is 0. The maximum Gasteiger partial charge on any atom is 0.226 e. The standard InChI is InChI=1S/C27H32ClN5O4/c1-26(2)36-20-18(13-34)35-24(21(20)37-26)33-15-29-19-22(30-25(28)31-23(19)33)32-12-16-8-4-5-9-17(16)27(14-32)10-6-3-7-11-27/h4-5,8-9,15,18,20-21,24,34H,3,6-7,10-14H2,1-2H3/t18-,20-,21-,24-/m1/s1. The highest BCUT2D eigenvalue weighted by Gasteiger charge is 2.56. The van der Waals surface area contributed by atoms with E-state index in [0.717, 1.165) is 18.9 Å². The van der Waals surface area contributed by atoms with Crippen molar-refractivity contribution >= 4 is 28.6 Å². The highest BCUT2D eigenvalue weighted by Crippen LogP contribution is 2.47. The first kappa shape index (κ1) is 23.8. The average molecular weight is 526 g/mol. The zero-order chi connectivity index (χ0) is 25.4. The zero-order valence-electron chi connectivity index (χ0n) is 21.1. The molecule has 0 radical (unpaired) electrons. The number of imidazole rings is 1. The summed E-state index contributed by atoms with van der Waals surface area (Å²) in [6.45, 7) is 5.20. The molecule has 0 amide bonds. The molecule has 1 aliphatic carbocycles. The van der Waals surface area contributed by atoms with Gasteiger partial charge in [0, 0.05) is 18.5 Å². The molecule has 37 heavy (non-hydrogen) atoms. The Labute approximate surface area is 220 Å². The number of fused-ring (bicyclic) bond motifs is 4. The molecule has 4 aliphatic rings. The van der Waals surface area contributed by atoms with Gasteiger partial charge in [-0.3, -0.25) is 4.57 Å². The molecule has 1 saturated carbocycles. The number of rotatable bonds is 3. The third kappa shape index (κ3) is 3.78. The quantitative estimate of drug-likeness (QED) is 0.510. The number of hydrogen-bond acceptors (Lipinski definition) is 8. The number of halogens is 1. The van der Waals surface area contributed by atoms with E-state index in [2.05, 4.69) is 34.1 Å². The van der Waals surface area contributed by atoms with Gasteiger partial charge in [-0.05, 0) is 49.4 Å². The fourth-order valence-electron chi connectivity index (χ4n) is 7.01. The van der Waals surface area contributed by atoms with Crippen LogP contribution in [0, 0.1) is 0 Å². The molecule has 1 spiro atoms. The summed E-state index contributed by atoms with van der Waals surface area (Å²) in [4.78, 5) is 16.4. The largest absolute Gasteiger partial charge is 0.394 e. The van der Waals surface area contributed by atoms with Crippen molar-refractivity contribution in [3.05, 3.63) is 47.0 Å². The summed E-state index contributed by atoms with van der Waals surface area (Å²) in [5.74, 6) is -0.0283. The van der Waals surface area contributed by atoms with E-state index >= 15 is 0 Å². The van der Waals surface area contributed by atoms with E-state index in [1.165, 1.54) is 43.2 Å².